The average Bonchev–Trinajstić information content (AvgIpc) is 2.62. The van der Waals surface area contributed by atoms with E-state index in [1.165, 1.54) is 6.33 Å². The lowest BCUT2D eigenvalue weighted by Gasteiger charge is -2.08. The molecule has 0 saturated carbocycles. The lowest BCUT2D eigenvalue weighted by molar-refractivity contribution is -0.121. The molecule has 1 aromatic heterocycles. The number of aromatic nitrogens is 3. The summed E-state index contributed by atoms with van der Waals surface area (Å²) < 4.78 is 1.64. The number of amides is 1. The van der Waals surface area contributed by atoms with Crippen molar-refractivity contribution in [1.82, 2.24) is 20.1 Å². The molecule has 1 rings (SSSR count). The summed E-state index contributed by atoms with van der Waals surface area (Å²) in [6.07, 6.45) is 1.51. The van der Waals surface area contributed by atoms with E-state index in [0.29, 0.717) is 18.3 Å². The van der Waals surface area contributed by atoms with Crippen LogP contribution in [-0.2, 0) is 17.2 Å². The first-order valence-corrected chi connectivity index (χ1v) is 5.36. The fraction of sp³-hybridized carbons (Fsp3) is 0.667. The monoisotopic (exact) mass is 230 g/mol. The van der Waals surface area contributed by atoms with Gasteiger partial charge < -0.3 is 9.88 Å². The van der Waals surface area contributed by atoms with Crippen molar-refractivity contribution in [2.75, 3.05) is 6.54 Å². The Morgan fingerprint density at radius 1 is 1.67 bits per heavy atom. The first-order chi connectivity index (χ1) is 7.13. The molecule has 6 heteroatoms. The van der Waals surface area contributed by atoms with Gasteiger partial charge in [-0.05, 0) is 5.92 Å². The second-order valence-electron chi connectivity index (χ2n) is 3.71. The Morgan fingerprint density at radius 3 is 3.00 bits per heavy atom. The molecule has 0 aliphatic heterocycles. The first-order valence-electron chi connectivity index (χ1n) is 4.82. The van der Waals surface area contributed by atoms with Crippen molar-refractivity contribution in [3.05, 3.63) is 12.2 Å². The van der Waals surface area contributed by atoms with Crippen LogP contribution in [0.25, 0.3) is 0 Å². The van der Waals surface area contributed by atoms with E-state index in [1.807, 2.05) is 13.8 Å². The highest BCUT2D eigenvalue weighted by Crippen LogP contribution is 1.99. The number of alkyl halides is 1. The maximum Gasteiger partial charge on any atom is 0.240 e. The fourth-order valence-corrected chi connectivity index (χ4v) is 1.25. The molecule has 0 bridgehead atoms. The van der Waals surface area contributed by atoms with Crippen molar-refractivity contribution in [2.24, 2.45) is 5.92 Å². The highest BCUT2D eigenvalue weighted by molar-refractivity contribution is 6.16. The molecular weight excluding hydrogens is 216 g/mol. The summed E-state index contributed by atoms with van der Waals surface area (Å²) in [6.45, 7) is 4.99. The Hall–Kier alpha value is -1.10. The molecule has 84 valence electrons. The van der Waals surface area contributed by atoms with Crippen LogP contribution >= 0.6 is 11.6 Å². The number of carbonyl (C=O) groups excluding carboxylic acids is 1. The van der Waals surface area contributed by atoms with E-state index in [1.54, 1.807) is 4.57 Å². The normalized spacial score (nSPS) is 10.7. The first kappa shape index (κ1) is 12.0. The lowest BCUT2D eigenvalue weighted by Crippen LogP contribution is -2.30. The minimum atomic E-state index is -0.0464. The zero-order valence-electron chi connectivity index (χ0n) is 8.90. The Balaban J connectivity index is 2.44. The van der Waals surface area contributed by atoms with Gasteiger partial charge in [-0.1, -0.05) is 13.8 Å². The van der Waals surface area contributed by atoms with E-state index in [0.717, 1.165) is 0 Å². The number of nitrogens with one attached hydrogen (secondary N) is 1. The van der Waals surface area contributed by atoms with E-state index in [2.05, 4.69) is 15.5 Å². The van der Waals surface area contributed by atoms with Gasteiger partial charge in [-0.3, -0.25) is 4.79 Å². The predicted octanol–water partition coefficient (Wildman–Crippen LogP) is 0.789. The number of halogens is 1. The zero-order valence-corrected chi connectivity index (χ0v) is 9.66. The van der Waals surface area contributed by atoms with Gasteiger partial charge in [-0.2, -0.15) is 0 Å². The summed E-state index contributed by atoms with van der Waals surface area (Å²) in [5.41, 5.74) is 0. The molecule has 0 unspecified atom stereocenters. The molecule has 0 radical (unpaired) electrons. The van der Waals surface area contributed by atoms with E-state index >= 15 is 0 Å². The number of nitrogens with zero attached hydrogens (tertiary/aromatic N) is 3. The Kier molecular flexibility index (Phi) is 4.55. The topological polar surface area (TPSA) is 59.8 Å². The van der Waals surface area contributed by atoms with Crippen LogP contribution in [0.3, 0.4) is 0 Å². The number of hydrogen-bond acceptors (Lipinski definition) is 3. The predicted molar refractivity (Wildman–Crippen MR) is 57.4 cm³/mol. The van der Waals surface area contributed by atoms with E-state index in [4.69, 9.17) is 11.6 Å². The van der Waals surface area contributed by atoms with Crippen LogP contribution in [0, 0.1) is 5.92 Å². The largest absolute Gasteiger partial charge is 0.354 e. The van der Waals surface area contributed by atoms with Crippen LogP contribution in [0.4, 0.5) is 0 Å². The SMILES string of the molecule is CC(C)CNC(=O)Cn1cnnc1CCl. The van der Waals surface area contributed by atoms with Gasteiger partial charge in [0, 0.05) is 6.54 Å². The molecule has 0 fully saturated rings. The van der Waals surface area contributed by atoms with Crippen molar-refractivity contribution in [1.29, 1.82) is 0 Å². The third kappa shape index (κ3) is 3.87. The van der Waals surface area contributed by atoms with E-state index < -0.39 is 0 Å². The third-order valence-electron chi connectivity index (χ3n) is 1.84. The second kappa shape index (κ2) is 5.70. The van der Waals surface area contributed by atoms with Gasteiger partial charge in [-0.25, -0.2) is 0 Å². The molecule has 1 N–H and O–H groups in total. The van der Waals surface area contributed by atoms with Gasteiger partial charge in [0.1, 0.15) is 18.7 Å². The highest BCUT2D eigenvalue weighted by atomic mass is 35.5. The summed E-state index contributed by atoms with van der Waals surface area (Å²) in [7, 11) is 0. The van der Waals surface area contributed by atoms with Crippen LogP contribution < -0.4 is 5.32 Å². The summed E-state index contributed by atoms with van der Waals surface area (Å²) in [6, 6.07) is 0. The smallest absolute Gasteiger partial charge is 0.240 e. The van der Waals surface area contributed by atoms with Crippen LogP contribution in [0.1, 0.15) is 19.7 Å². The van der Waals surface area contributed by atoms with Gasteiger partial charge >= 0.3 is 0 Å². The van der Waals surface area contributed by atoms with Crippen molar-refractivity contribution >= 4 is 17.5 Å². The number of carbonyl (C=O) groups is 1. The molecule has 0 spiro atoms. The Morgan fingerprint density at radius 2 is 2.40 bits per heavy atom. The average molecular weight is 231 g/mol. The molecular formula is C9H15ClN4O. The molecule has 0 atom stereocenters. The number of rotatable bonds is 5. The summed E-state index contributed by atoms with van der Waals surface area (Å²) >= 11 is 5.63. The third-order valence-corrected chi connectivity index (χ3v) is 2.08. The molecule has 0 aromatic carbocycles. The van der Waals surface area contributed by atoms with Gasteiger partial charge in [0.2, 0.25) is 5.91 Å². The summed E-state index contributed by atoms with van der Waals surface area (Å²) in [5.74, 6) is 1.27. The van der Waals surface area contributed by atoms with Gasteiger partial charge in [0.25, 0.3) is 0 Å². The lowest BCUT2D eigenvalue weighted by atomic mass is 10.2. The summed E-state index contributed by atoms with van der Waals surface area (Å²) in [4.78, 5) is 11.5. The molecule has 0 saturated heterocycles. The molecule has 0 aliphatic carbocycles. The highest BCUT2D eigenvalue weighted by Gasteiger charge is 2.07. The zero-order chi connectivity index (χ0) is 11.3. The van der Waals surface area contributed by atoms with Gasteiger partial charge in [0.05, 0.1) is 5.88 Å². The molecule has 15 heavy (non-hydrogen) atoms. The van der Waals surface area contributed by atoms with Crippen molar-refractivity contribution < 1.29 is 4.79 Å². The van der Waals surface area contributed by atoms with Gasteiger partial charge in [0.15, 0.2) is 0 Å². The molecule has 1 amide bonds. The molecule has 5 nitrogen and oxygen atoms in total. The standard InChI is InChI=1S/C9H15ClN4O/c1-7(2)4-11-9(15)5-14-6-12-13-8(14)3-10/h6-7H,3-5H2,1-2H3,(H,11,15). The molecule has 0 aliphatic rings. The van der Waals surface area contributed by atoms with E-state index in [-0.39, 0.29) is 18.3 Å². The fourth-order valence-electron chi connectivity index (χ4n) is 1.04. The van der Waals surface area contributed by atoms with Crippen LogP contribution in [0.5, 0.6) is 0 Å². The Labute approximate surface area is 93.8 Å². The van der Waals surface area contributed by atoms with Crippen LogP contribution in [-0.4, -0.2) is 27.2 Å². The maximum absolute atomic E-state index is 11.5. The number of hydrogen-bond donors (Lipinski definition) is 1. The Bertz CT molecular complexity index is 324. The van der Waals surface area contributed by atoms with Crippen molar-refractivity contribution in [3.8, 4) is 0 Å². The minimum Gasteiger partial charge on any atom is -0.354 e. The van der Waals surface area contributed by atoms with E-state index in [9.17, 15) is 4.79 Å². The van der Waals surface area contributed by atoms with Crippen LogP contribution in [0.15, 0.2) is 6.33 Å². The molecule has 1 heterocycles. The summed E-state index contributed by atoms with van der Waals surface area (Å²) in [5, 5.41) is 10.3. The molecule has 1 aromatic rings. The van der Waals surface area contributed by atoms with Gasteiger partial charge in [-0.15, -0.1) is 21.8 Å². The maximum atomic E-state index is 11.5. The van der Waals surface area contributed by atoms with Crippen molar-refractivity contribution in [2.45, 2.75) is 26.3 Å². The van der Waals surface area contributed by atoms with Crippen molar-refractivity contribution in [3.63, 3.8) is 0 Å². The second-order valence-corrected chi connectivity index (χ2v) is 3.97. The quantitative estimate of drug-likeness (QED) is 0.761. The van der Waals surface area contributed by atoms with Crippen LogP contribution in [0.2, 0.25) is 0 Å². The minimum absolute atomic E-state index is 0.0464.